The fourth-order valence-electron chi connectivity index (χ4n) is 2.74. The summed E-state index contributed by atoms with van der Waals surface area (Å²) < 4.78 is 0. The maximum absolute atomic E-state index is 3.79. The van der Waals surface area contributed by atoms with Crippen LogP contribution in [0, 0.1) is 5.92 Å². The number of hydrogen-bond donors (Lipinski definition) is 0. The van der Waals surface area contributed by atoms with Crippen LogP contribution in [-0.2, 0) is 6.42 Å². The predicted octanol–water partition coefficient (Wildman–Crippen LogP) is 4.14. The summed E-state index contributed by atoms with van der Waals surface area (Å²) in [6.07, 6.45) is 3.09. The van der Waals surface area contributed by atoms with Gasteiger partial charge in [-0.3, -0.25) is 0 Å². The van der Waals surface area contributed by atoms with E-state index < -0.39 is 0 Å². The Morgan fingerprint density at radius 1 is 1.16 bits per heavy atom. The van der Waals surface area contributed by atoms with Gasteiger partial charge in [-0.25, -0.2) is 0 Å². The maximum atomic E-state index is 3.79. The van der Waals surface area contributed by atoms with Crippen molar-refractivity contribution in [1.29, 1.82) is 0 Å². The highest BCUT2D eigenvalue weighted by molar-refractivity contribution is 5.85. The van der Waals surface area contributed by atoms with Crippen molar-refractivity contribution in [3.05, 3.63) is 60.7 Å². The number of rotatable bonds is 6. The molecule has 0 aliphatic heterocycles. The van der Waals surface area contributed by atoms with Crippen LogP contribution in [0.1, 0.15) is 12.5 Å². The molecule has 100 valence electrons. The van der Waals surface area contributed by atoms with E-state index in [0.717, 1.165) is 19.5 Å². The van der Waals surface area contributed by atoms with Crippen molar-refractivity contribution in [3.8, 4) is 0 Å². The molecule has 0 aromatic heterocycles. The Kier molecular flexibility index (Phi) is 4.75. The molecule has 1 nitrogen and oxygen atoms in total. The average Bonchev–Trinajstić information content (AvgIpc) is 2.39. The second-order valence-corrected chi connectivity index (χ2v) is 5.46. The molecule has 1 unspecified atom stereocenters. The predicted molar refractivity (Wildman–Crippen MR) is 84.5 cm³/mol. The molecule has 0 aliphatic carbocycles. The van der Waals surface area contributed by atoms with Gasteiger partial charge in [0.1, 0.15) is 0 Å². The highest BCUT2D eigenvalue weighted by atomic mass is 15.1. The molecule has 19 heavy (non-hydrogen) atoms. The molecule has 0 spiro atoms. The van der Waals surface area contributed by atoms with E-state index in [1.54, 1.807) is 0 Å². The van der Waals surface area contributed by atoms with E-state index in [9.17, 15) is 0 Å². The van der Waals surface area contributed by atoms with Gasteiger partial charge in [0.05, 0.1) is 0 Å². The molecule has 2 rings (SSSR count). The first-order chi connectivity index (χ1) is 9.20. The monoisotopic (exact) mass is 253 g/mol. The second kappa shape index (κ2) is 6.53. The van der Waals surface area contributed by atoms with Crippen LogP contribution >= 0.6 is 0 Å². The van der Waals surface area contributed by atoms with Crippen molar-refractivity contribution in [2.45, 2.75) is 13.3 Å². The van der Waals surface area contributed by atoms with Crippen LogP contribution in [0.5, 0.6) is 0 Å². The van der Waals surface area contributed by atoms with Crippen molar-refractivity contribution in [1.82, 2.24) is 4.90 Å². The summed E-state index contributed by atoms with van der Waals surface area (Å²) in [6.45, 7) is 8.18. The van der Waals surface area contributed by atoms with Crippen molar-refractivity contribution >= 4 is 10.8 Å². The van der Waals surface area contributed by atoms with Crippen molar-refractivity contribution in [2.24, 2.45) is 5.92 Å². The summed E-state index contributed by atoms with van der Waals surface area (Å²) in [7, 11) is 2.15. The number of likely N-dealkylation sites (N-methyl/N-ethyl adjacent to an activating group) is 1. The summed E-state index contributed by atoms with van der Waals surface area (Å²) in [5.74, 6) is 0.649. The highest BCUT2D eigenvalue weighted by Crippen LogP contribution is 2.21. The number of nitrogens with zero attached hydrogens (tertiary/aromatic N) is 1. The molecule has 0 heterocycles. The van der Waals surface area contributed by atoms with Gasteiger partial charge in [-0.2, -0.15) is 0 Å². The molecule has 1 heteroatoms. The van der Waals surface area contributed by atoms with Gasteiger partial charge < -0.3 is 4.90 Å². The van der Waals surface area contributed by atoms with E-state index in [1.165, 1.54) is 16.3 Å². The fraction of sp³-hybridized carbons (Fsp3) is 0.333. The normalized spacial score (nSPS) is 12.8. The minimum Gasteiger partial charge on any atom is -0.302 e. The van der Waals surface area contributed by atoms with E-state index in [2.05, 4.69) is 67.9 Å². The second-order valence-electron chi connectivity index (χ2n) is 5.46. The quantitative estimate of drug-likeness (QED) is 0.699. The Balaban J connectivity index is 2.10. The fourth-order valence-corrected chi connectivity index (χ4v) is 2.74. The summed E-state index contributed by atoms with van der Waals surface area (Å²) in [4.78, 5) is 2.32. The van der Waals surface area contributed by atoms with Crippen molar-refractivity contribution < 1.29 is 0 Å². The average molecular weight is 253 g/mol. The van der Waals surface area contributed by atoms with Gasteiger partial charge in [0.25, 0.3) is 0 Å². The SMILES string of the molecule is C=CCN(C)CC(C)Cc1cccc2ccccc12. The first kappa shape index (κ1) is 13.8. The Hall–Kier alpha value is -1.60. The lowest BCUT2D eigenvalue weighted by atomic mass is 9.95. The molecule has 0 saturated heterocycles. The molecular formula is C18H23N. The van der Waals surface area contributed by atoms with Gasteiger partial charge in [-0.05, 0) is 35.7 Å². The summed E-state index contributed by atoms with van der Waals surface area (Å²) in [5.41, 5.74) is 1.46. The third-order valence-electron chi connectivity index (χ3n) is 3.51. The Morgan fingerprint density at radius 2 is 1.89 bits per heavy atom. The summed E-state index contributed by atoms with van der Waals surface area (Å²) in [5, 5.41) is 2.73. The molecule has 0 fully saturated rings. The molecular weight excluding hydrogens is 230 g/mol. The van der Waals surface area contributed by atoms with E-state index >= 15 is 0 Å². The highest BCUT2D eigenvalue weighted by Gasteiger charge is 2.08. The largest absolute Gasteiger partial charge is 0.302 e. The van der Waals surface area contributed by atoms with Crippen LogP contribution in [0.15, 0.2) is 55.1 Å². The lowest BCUT2D eigenvalue weighted by Crippen LogP contribution is -2.25. The van der Waals surface area contributed by atoms with E-state index in [0.29, 0.717) is 5.92 Å². The lowest BCUT2D eigenvalue weighted by molar-refractivity contribution is 0.311. The smallest absolute Gasteiger partial charge is 0.0157 e. The van der Waals surface area contributed by atoms with Gasteiger partial charge in [-0.1, -0.05) is 55.5 Å². The molecule has 0 aliphatic rings. The third kappa shape index (κ3) is 3.68. The van der Waals surface area contributed by atoms with Crippen LogP contribution < -0.4 is 0 Å². The van der Waals surface area contributed by atoms with Gasteiger partial charge >= 0.3 is 0 Å². The van der Waals surface area contributed by atoms with Gasteiger partial charge in [0.15, 0.2) is 0 Å². The lowest BCUT2D eigenvalue weighted by Gasteiger charge is -2.20. The van der Waals surface area contributed by atoms with Crippen LogP contribution in [0.25, 0.3) is 10.8 Å². The number of hydrogen-bond acceptors (Lipinski definition) is 1. The molecule has 0 amide bonds. The Morgan fingerprint density at radius 3 is 2.68 bits per heavy atom. The maximum Gasteiger partial charge on any atom is 0.0157 e. The molecule has 2 aromatic carbocycles. The van der Waals surface area contributed by atoms with Gasteiger partial charge in [-0.15, -0.1) is 6.58 Å². The minimum atomic E-state index is 0.649. The Bertz CT molecular complexity index is 539. The standard InChI is InChI=1S/C18H23N/c1-4-12-19(3)14-15(2)13-17-10-7-9-16-8-5-6-11-18(16)17/h4-11,15H,1,12-14H2,2-3H3. The van der Waals surface area contributed by atoms with E-state index in [1.807, 2.05) is 6.08 Å². The van der Waals surface area contributed by atoms with Crippen LogP contribution in [0.2, 0.25) is 0 Å². The van der Waals surface area contributed by atoms with Crippen molar-refractivity contribution in [3.63, 3.8) is 0 Å². The molecule has 1 atom stereocenters. The zero-order valence-corrected chi connectivity index (χ0v) is 12.0. The Labute approximate surface area is 116 Å². The zero-order chi connectivity index (χ0) is 13.7. The first-order valence-corrected chi connectivity index (χ1v) is 6.96. The topological polar surface area (TPSA) is 3.24 Å². The molecule has 0 radical (unpaired) electrons. The molecule has 0 N–H and O–H groups in total. The first-order valence-electron chi connectivity index (χ1n) is 6.96. The van der Waals surface area contributed by atoms with Crippen molar-refractivity contribution in [2.75, 3.05) is 20.1 Å². The van der Waals surface area contributed by atoms with Gasteiger partial charge in [0.2, 0.25) is 0 Å². The van der Waals surface area contributed by atoms with E-state index in [-0.39, 0.29) is 0 Å². The molecule has 2 aromatic rings. The van der Waals surface area contributed by atoms with Crippen LogP contribution in [0.3, 0.4) is 0 Å². The van der Waals surface area contributed by atoms with Gasteiger partial charge in [0, 0.05) is 13.1 Å². The third-order valence-corrected chi connectivity index (χ3v) is 3.51. The summed E-state index contributed by atoms with van der Waals surface area (Å²) in [6, 6.07) is 15.3. The zero-order valence-electron chi connectivity index (χ0n) is 12.0. The van der Waals surface area contributed by atoms with E-state index in [4.69, 9.17) is 0 Å². The molecule has 0 saturated carbocycles. The summed E-state index contributed by atoms with van der Waals surface area (Å²) >= 11 is 0. The minimum absolute atomic E-state index is 0.649. The molecule has 0 bridgehead atoms. The number of fused-ring (bicyclic) bond motifs is 1. The number of benzene rings is 2. The van der Waals surface area contributed by atoms with Crippen LogP contribution in [0.4, 0.5) is 0 Å². The van der Waals surface area contributed by atoms with Crippen LogP contribution in [-0.4, -0.2) is 25.0 Å².